The monoisotopic (exact) mass is 210 g/mol. The van der Waals surface area contributed by atoms with Crippen molar-refractivity contribution in [3.63, 3.8) is 0 Å². The molecule has 0 unspecified atom stereocenters. The number of piperidine rings is 1. The van der Waals surface area contributed by atoms with Crippen LogP contribution in [0.2, 0.25) is 0 Å². The van der Waals surface area contributed by atoms with E-state index in [2.05, 4.69) is 29.2 Å². The van der Waals surface area contributed by atoms with Crippen LogP contribution < -0.4 is 0 Å². The minimum Gasteiger partial charge on any atom is -0.306 e. The number of hydrogen-bond donors (Lipinski definition) is 0. The molecule has 14 heavy (non-hydrogen) atoms. The number of aryl methyl sites for hydroxylation is 1. The molecular weight excluding hydrogens is 192 g/mol. The quantitative estimate of drug-likeness (QED) is 0.745. The number of likely N-dealkylation sites (tertiary alicyclic amines) is 1. The summed E-state index contributed by atoms with van der Waals surface area (Å²) in [6.07, 6.45) is 3.64. The number of aromatic nitrogens is 1. The highest BCUT2D eigenvalue weighted by Gasteiger charge is 2.20. The first-order valence-corrected chi connectivity index (χ1v) is 6.30. The van der Waals surface area contributed by atoms with Crippen LogP contribution in [0.25, 0.3) is 0 Å². The molecule has 0 aromatic carbocycles. The Labute approximate surface area is 90.0 Å². The maximum absolute atomic E-state index is 4.68. The molecule has 2 nitrogen and oxygen atoms in total. The molecule has 0 N–H and O–H groups in total. The molecule has 0 aliphatic carbocycles. The van der Waals surface area contributed by atoms with Crippen molar-refractivity contribution in [3.8, 4) is 0 Å². The van der Waals surface area contributed by atoms with Crippen LogP contribution in [0, 0.1) is 0 Å². The fraction of sp³-hybridized carbons (Fsp3) is 0.727. The average Bonchev–Trinajstić information content (AvgIpc) is 2.67. The summed E-state index contributed by atoms with van der Waals surface area (Å²) in [6.45, 7) is 4.63. The van der Waals surface area contributed by atoms with Crippen LogP contribution >= 0.6 is 11.3 Å². The zero-order valence-corrected chi connectivity index (χ0v) is 9.81. The summed E-state index contributed by atoms with van der Waals surface area (Å²) in [5.41, 5.74) is 1.27. The molecule has 2 rings (SSSR count). The summed E-state index contributed by atoms with van der Waals surface area (Å²) in [5.74, 6) is 0.733. The van der Waals surface area contributed by atoms with Crippen LogP contribution in [-0.4, -0.2) is 30.0 Å². The van der Waals surface area contributed by atoms with Gasteiger partial charge in [0.1, 0.15) is 0 Å². The summed E-state index contributed by atoms with van der Waals surface area (Å²) < 4.78 is 0. The van der Waals surface area contributed by atoms with Crippen LogP contribution in [0.3, 0.4) is 0 Å². The third kappa shape index (κ3) is 2.15. The van der Waals surface area contributed by atoms with E-state index in [0.29, 0.717) is 0 Å². The van der Waals surface area contributed by atoms with Crippen LogP contribution in [0.15, 0.2) is 5.38 Å². The van der Waals surface area contributed by atoms with E-state index < -0.39 is 0 Å². The lowest BCUT2D eigenvalue weighted by atomic mass is 9.98. The number of hydrogen-bond acceptors (Lipinski definition) is 3. The molecule has 0 amide bonds. The Morgan fingerprint density at radius 3 is 2.79 bits per heavy atom. The lowest BCUT2D eigenvalue weighted by Crippen LogP contribution is -2.29. The minimum absolute atomic E-state index is 0.733. The van der Waals surface area contributed by atoms with E-state index in [0.717, 1.165) is 12.3 Å². The Morgan fingerprint density at radius 2 is 2.21 bits per heavy atom. The van der Waals surface area contributed by atoms with Crippen LogP contribution in [0.5, 0.6) is 0 Å². The topological polar surface area (TPSA) is 16.1 Å². The Bertz CT molecular complexity index is 287. The summed E-state index contributed by atoms with van der Waals surface area (Å²) in [7, 11) is 2.20. The molecule has 78 valence electrons. The second kappa shape index (κ2) is 4.41. The second-order valence-electron chi connectivity index (χ2n) is 4.11. The summed E-state index contributed by atoms with van der Waals surface area (Å²) >= 11 is 1.85. The molecule has 1 fully saturated rings. The molecule has 0 bridgehead atoms. The molecule has 1 aliphatic heterocycles. The zero-order valence-electron chi connectivity index (χ0n) is 8.99. The van der Waals surface area contributed by atoms with Gasteiger partial charge in [-0.15, -0.1) is 11.3 Å². The zero-order chi connectivity index (χ0) is 9.97. The van der Waals surface area contributed by atoms with Crippen LogP contribution in [0.4, 0.5) is 0 Å². The van der Waals surface area contributed by atoms with Crippen molar-refractivity contribution in [1.29, 1.82) is 0 Å². The molecular formula is C11H18N2S. The first-order valence-electron chi connectivity index (χ1n) is 5.42. The maximum atomic E-state index is 4.68. The molecule has 2 heterocycles. The van der Waals surface area contributed by atoms with E-state index in [1.165, 1.54) is 36.6 Å². The standard InChI is InChI=1S/C11H18N2S/c1-3-10-8-14-11(12-10)9-4-6-13(2)7-5-9/h8-9H,3-7H2,1-2H3. The molecule has 3 heteroatoms. The van der Waals surface area contributed by atoms with E-state index in [1.807, 2.05) is 11.3 Å². The largest absolute Gasteiger partial charge is 0.306 e. The van der Waals surface area contributed by atoms with Gasteiger partial charge in [-0.2, -0.15) is 0 Å². The van der Waals surface area contributed by atoms with Gasteiger partial charge in [-0.05, 0) is 39.4 Å². The normalized spacial score (nSPS) is 20.1. The second-order valence-corrected chi connectivity index (χ2v) is 5.00. The van der Waals surface area contributed by atoms with Crippen molar-refractivity contribution in [1.82, 2.24) is 9.88 Å². The Balaban J connectivity index is 2.01. The summed E-state index contributed by atoms with van der Waals surface area (Å²) in [5, 5.41) is 3.59. The van der Waals surface area contributed by atoms with Gasteiger partial charge in [0.15, 0.2) is 0 Å². The highest BCUT2D eigenvalue weighted by molar-refractivity contribution is 7.09. The van der Waals surface area contributed by atoms with Gasteiger partial charge in [-0.3, -0.25) is 0 Å². The van der Waals surface area contributed by atoms with E-state index in [9.17, 15) is 0 Å². The SMILES string of the molecule is CCc1csc(C2CCN(C)CC2)n1. The first-order chi connectivity index (χ1) is 6.79. The minimum atomic E-state index is 0.733. The van der Waals surface area contributed by atoms with Crippen molar-refractivity contribution < 1.29 is 0 Å². The van der Waals surface area contributed by atoms with Gasteiger partial charge in [0.25, 0.3) is 0 Å². The van der Waals surface area contributed by atoms with Crippen molar-refractivity contribution in [2.45, 2.75) is 32.1 Å². The first kappa shape index (κ1) is 10.1. The van der Waals surface area contributed by atoms with E-state index in [1.54, 1.807) is 0 Å². The van der Waals surface area contributed by atoms with Crippen LogP contribution in [0.1, 0.15) is 36.4 Å². The molecule has 1 aromatic rings. The Morgan fingerprint density at radius 1 is 1.50 bits per heavy atom. The predicted molar refractivity (Wildman–Crippen MR) is 61.0 cm³/mol. The van der Waals surface area contributed by atoms with E-state index in [4.69, 9.17) is 0 Å². The lowest BCUT2D eigenvalue weighted by molar-refractivity contribution is 0.255. The molecule has 0 saturated carbocycles. The summed E-state index contributed by atoms with van der Waals surface area (Å²) in [4.78, 5) is 7.09. The van der Waals surface area contributed by atoms with Crippen molar-refractivity contribution >= 4 is 11.3 Å². The van der Waals surface area contributed by atoms with Crippen molar-refractivity contribution in [3.05, 3.63) is 16.1 Å². The molecule has 0 radical (unpaired) electrons. The smallest absolute Gasteiger partial charge is 0.0960 e. The van der Waals surface area contributed by atoms with Gasteiger partial charge in [-0.1, -0.05) is 6.92 Å². The highest BCUT2D eigenvalue weighted by atomic mass is 32.1. The van der Waals surface area contributed by atoms with Gasteiger partial charge >= 0.3 is 0 Å². The lowest BCUT2D eigenvalue weighted by Gasteiger charge is -2.27. The summed E-state index contributed by atoms with van der Waals surface area (Å²) in [6, 6.07) is 0. The third-order valence-electron chi connectivity index (χ3n) is 3.00. The van der Waals surface area contributed by atoms with E-state index in [-0.39, 0.29) is 0 Å². The molecule has 1 saturated heterocycles. The van der Waals surface area contributed by atoms with Gasteiger partial charge in [-0.25, -0.2) is 4.98 Å². The number of nitrogens with zero attached hydrogens (tertiary/aromatic N) is 2. The van der Waals surface area contributed by atoms with Crippen molar-refractivity contribution in [2.75, 3.05) is 20.1 Å². The Kier molecular flexibility index (Phi) is 3.19. The Hall–Kier alpha value is -0.410. The highest BCUT2D eigenvalue weighted by Crippen LogP contribution is 2.29. The predicted octanol–water partition coefficient (Wildman–Crippen LogP) is 2.51. The third-order valence-corrected chi connectivity index (χ3v) is 4.06. The number of rotatable bonds is 2. The molecule has 0 atom stereocenters. The molecule has 0 spiro atoms. The van der Waals surface area contributed by atoms with Crippen molar-refractivity contribution in [2.24, 2.45) is 0 Å². The fourth-order valence-electron chi connectivity index (χ4n) is 1.93. The number of thiazole rings is 1. The fourth-order valence-corrected chi connectivity index (χ4v) is 3.00. The average molecular weight is 210 g/mol. The van der Waals surface area contributed by atoms with Crippen LogP contribution in [-0.2, 0) is 6.42 Å². The maximum Gasteiger partial charge on any atom is 0.0960 e. The molecule has 1 aliphatic rings. The van der Waals surface area contributed by atoms with E-state index >= 15 is 0 Å². The van der Waals surface area contributed by atoms with Gasteiger partial charge in [0.2, 0.25) is 0 Å². The van der Waals surface area contributed by atoms with Gasteiger partial charge < -0.3 is 4.90 Å². The van der Waals surface area contributed by atoms with Gasteiger partial charge in [0, 0.05) is 11.3 Å². The van der Waals surface area contributed by atoms with Gasteiger partial charge in [0.05, 0.1) is 10.7 Å². The molecule has 1 aromatic heterocycles.